The monoisotopic (exact) mass is 386 g/mol. The average Bonchev–Trinajstić information content (AvgIpc) is 2.96. The highest BCUT2D eigenvalue weighted by Crippen LogP contribution is 2.35. The number of rotatable bonds is 4. The molecule has 0 saturated heterocycles. The third-order valence-electron chi connectivity index (χ3n) is 4.75. The van der Waals surface area contributed by atoms with Crippen LogP contribution in [-0.2, 0) is 12.6 Å². The second-order valence-corrected chi connectivity index (χ2v) is 6.64. The summed E-state index contributed by atoms with van der Waals surface area (Å²) in [5, 5.41) is 2.81. The number of alkyl halides is 3. The fourth-order valence-corrected chi connectivity index (χ4v) is 3.29. The number of para-hydroxylation sites is 1. The Morgan fingerprint density at radius 3 is 2.29 bits per heavy atom. The molecular weight excluding hydrogens is 365 g/mol. The molecule has 0 atom stereocenters. The Kier molecular flexibility index (Phi) is 5.31. The highest BCUT2D eigenvalue weighted by atomic mass is 19.4. The van der Waals surface area contributed by atoms with Crippen molar-refractivity contribution in [1.82, 2.24) is 4.57 Å². The third-order valence-corrected chi connectivity index (χ3v) is 4.75. The van der Waals surface area contributed by atoms with E-state index in [-0.39, 0.29) is 11.6 Å². The second kappa shape index (κ2) is 7.54. The first-order valence-corrected chi connectivity index (χ1v) is 8.98. The van der Waals surface area contributed by atoms with Crippen LogP contribution in [0.15, 0.2) is 54.6 Å². The third kappa shape index (κ3) is 3.81. The van der Waals surface area contributed by atoms with E-state index in [9.17, 15) is 18.0 Å². The zero-order valence-corrected chi connectivity index (χ0v) is 15.9. The van der Waals surface area contributed by atoms with Gasteiger partial charge in [0.05, 0.1) is 16.8 Å². The summed E-state index contributed by atoms with van der Waals surface area (Å²) in [6, 6.07) is 14.5. The minimum atomic E-state index is -4.48. The van der Waals surface area contributed by atoms with Crippen molar-refractivity contribution >= 4 is 11.6 Å². The molecule has 2 aromatic carbocycles. The molecule has 1 aromatic heterocycles. The van der Waals surface area contributed by atoms with Crippen LogP contribution in [0.25, 0.3) is 5.69 Å². The molecule has 6 heteroatoms. The van der Waals surface area contributed by atoms with E-state index in [0.717, 1.165) is 18.1 Å². The van der Waals surface area contributed by atoms with Crippen LogP contribution >= 0.6 is 0 Å². The topological polar surface area (TPSA) is 34.0 Å². The second-order valence-electron chi connectivity index (χ2n) is 6.64. The number of hydrogen-bond acceptors (Lipinski definition) is 1. The minimum Gasteiger partial charge on any atom is -0.322 e. The average molecular weight is 386 g/mol. The number of amides is 1. The summed E-state index contributed by atoms with van der Waals surface area (Å²) in [5.74, 6) is -0.354. The van der Waals surface area contributed by atoms with E-state index >= 15 is 0 Å². The van der Waals surface area contributed by atoms with Crippen LogP contribution in [-0.4, -0.2) is 10.5 Å². The lowest BCUT2D eigenvalue weighted by Gasteiger charge is -2.16. The predicted molar refractivity (Wildman–Crippen MR) is 104 cm³/mol. The standard InChI is InChI=1S/C22H21F3N2O/c1-4-16-9-11-17(12-10-16)26-21(28)18-13-14(2)27(15(18)3)20-8-6-5-7-19(20)22(23,24)25/h5-13H,4H2,1-3H3,(H,26,28). The maximum Gasteiger partial charge on any atom is 0.418 e. The first kappa shape index (κ1) is 19.7. The Bertz CT molecular complexity index is 1000. The first-order chi connectivity index (χ1) is 13.2. The van der Waals surface area contributed by atoms with Crippen molar-refractivity contribution in [3.63, 3.8) is 0 Å². The molecule has 0 saturated carbocycles. The number of hydrogen-bond donors (Lipinski definition) is 1. The lowest BCUT2D eigenvalue weighted by molar-refractivity contribution is -0.137. The SMILES string of the molecule is CCc1ccc(NC(=O)c2cc(C)n(-c3ccccc3C(F)(F)F)c2C)cc1. The normalized spacial score (nSPS) is 11.5. The molecule has 0 aliphatic rings. The van der Waals surface area contributed by atoms with Gasteiger partial charge in [-0.1, -0.05) is 31.2 Å². The highest BCUT2D eigenvalue weighted by Gasteiger charge is 2.34. The van der Waals surface area contributed by atoms with Crippen molar-refractivity contribution in [2.24, 2.45) is 0 Å². The number of nitrogens with zero attached hydrogens (tertiary/aromatic N) is 1. The van der Waals surface area contributed by atoms with Crippen LogP contribution in [0.1, 0.15) is 39.8 Å². The fourth-order valence-electron chi connectivity index (χ4n) is 3.29. The number of nitrogens with one attached hydrogen (secondary N) is 1. The Hall–Kier alpha value is -3.02. The smallest absolute Gasteiger partial charge is 0.322 e. The molecule has 0 aliphatic carbocycles. The summed E-state index contributed by atoms with van der Waals surface area (Å²) < 4.78 is 41.7. The number of aryl methyl sites for hydroxylation is 2. The van der Waals surface area contributed by atoms with Gasteiger partial charge in [0.2, 0.25) is 0 Å². The summed E-state index contributed by atoms with van der Waals surface area (Å²) in [6.45, 7) is 5.38. The van der Waals surface area contributed by atoms with Crippen LogP contribution in [0.3, 0.4) is 0 Å². The maximum absolute atomic E-state index is 13.4. The van der Waals surface area contributed by atoms with Crippen molar-refractivity contribution in [3.05, 3.63) is 82.7 Å². The van der Waals surface area contributed by atoms with E-state index in [4.69, 9.17) is 0 Å². The van der Waals surface area contributed by atoms with Crippen LogP contribution in [0.5, 0.6) is 0 Å². The molecule has 28 heavy (non-hydrogen) atoms. The number of halogens is 3. The van der Waals surface area contributed by atoms with Crippen LogP contribution in [0, 0.1) is 13.8 Å². The Balaban J connectivity index is 1.97. The van der Waals surface area contributed by atoms with Gasteiger partial charge in [-0.05, 0) is 56.2 Å². The van der Waals surface area contributed by atoms with Crippen molar-refractivity contribution in [3.8, 4) is 5.69 Å². The highest BCUT2D eigenvalue weighted by molar-refractivity contribution is 6.05. The van der Waals surface area contributed by atoms with Gasteiger partial charge in [0.25, 0.3) is 5.91 Å². The van der Waals surface area contributed by atoms with Gasteiger partial charge in [0.15, 0.2) is 0 Å². The van der Waals surface area contributed by atoms with Gasteiger partial charge in [-0.3, -0.25) is 4.79 Å². The Morgan fingerprint density at radius 1 is 1.04 bits per heavy atom. The maximum atomic E-state index is 13.4. The van der Waals surface area contributed by atoms with Crippen molar-refractivity contribution in [2.75, 3.05) is 5.32 Å². The van der Waals surface area contributed by atoms with Crippen LogP contribution in [0.4, 0.5) is 18.9 Å². The van der Waals surface area contributed by atoms with Gasteiger partial charge in [0.1, 0.15) is 0 Å². The van der Waals surface area contributed by atoms with Gasteiger partial charge in [-0.2, -0.15) is 13.2 Å². The zero-order chi connectivity index (χ0) is 20.5. The lowest BCUT2D eigenvalue weighted by atomic mass is 10.1. The molecule has 0 bridgehead atoms. The Labute approximate surface area is 161 Å². The van der Waals surface area contributed by atoms with E-state index in [1.54, 1.807) is 26.0 Å². The lowest BCUT2D eigenvalue weighted by Crippen LogP contribution is -2.14. The molecule has 0 fully saturated rings. The molecule has 0 spiro atoms. The van der Waals surface area contributed by atoms with E-state index in [1.165, 1.54) is 16.7 Å². The summed E-state index contributed by atoms with van der Waals surface area (Å²) >= 11 is 0. The van der Waals surface area contributed by atoms with Crippen molar-refractivity contribution in [2.45, 2.75) is 33.4 Å². The summed E-state index contributed by atoms with van der Waals surface area (Å²) in [5.41, 5.74) is 2.42. The Morgan fingerprint density at radius 2 is 1.68 bits per heavy atom. The molecule has 1 N–H and O–H groups in total. The summed E-state index contributed by atoms with van der Waals surface area (Å²) in [4.78, 5) is 12.7. The largest absolute Gasteiger partial charge is 0.418 e. The zero-order valence-electron chi connectivity index (χ0n) is 15.9. The molecule has 1 amide bonds. The van der Waals surface area contributed by atoms with Gasteiger partial charge < -0.3 is 9.88 Å². The summed E-state index contributed by atoms with van der Waals surface area (Å²) in [7, 11) is 0. The molecule has 3 nitrogen and oxygen atoms in total. The molecule has 1 heterocycles. The number of anilines is 1. The number of carbonyl (C=O) groups is 1. The molecule has 0 aliphatic heterocycles. The van der Waals surface area contributed by atoms with Gasteiger partial charge >= 0.3 is 6.18 Å². The predicted octanol–water partition coefficient (Wildman–Crippen LogP) is 5.93. The van der Waals surface area contributed by atoms with E-state index in [1.807, 2.05) is 31.2 Å². The van der Waals surface area contributed by atoms with Crippen LogP contribution < -0.4 is 5.32 Å². The molecule has 146 valence electrons. The van der Waals surface area contributed by atoms with Gasteiger partial charge in [-0.15, -0.1) is 0 Å². The van der Waals surface area contributed by atoms with E-state index < -0.39 is 11.7 Å². The summed E-state index contributed by atoms with van der Waals surface area (Å²) in [6.07, 6.45) is -3.59. The number of benzene rings is 2. The minimum absolute atomic E-state index is 0.0105. The fraction of sp³-hybridized carbons (Fsp3) is 0.227. The van der Waals surface area contributed by atoms with Gasteiger partial charge in [0, 0.05) is 17.1 Å². The molecular formula is C22H21F3N2O. The first-order valence-electron chi connectivity index (χ1n) is 8.98. The van der Waals surface area contributed by atoms with E-state index in [0.29, 0.717) is 22.6 Å². The molecule has 3 aromatic rings. The number of carbonyl (C=O) groups excluding carboxylic acids is 1. The quantitative estimate of drug-likeness (QED) is 0.593. The number of aromatic nitrogens is 1. The van der Waals surface area contributed by atoms with Crippen molar-refractivity contribution in [1.29, 1.82) is 0 Å². The molecule has 0 unspecified atom stereocenters. The van der Waals surface area contributed by atoms with Gasteiger partial charge in [-0.25, -0.2) is 0 Å². The van der Waals surface area contributed by atoms with Crippen LogP contribution in [0.2, 0.25) is 0 Å². The van der Waals surface area contributed by atoms with Crippen molar-refractivity contribution < 1.29 is 18.0 Å². The molecule has 3 rings (SSSR count). The molecule has 0 radical (unpaired) electrons. The van der Waals surface area contributed by atoms with E-state index in [2.05, 4.69) is 5.32 Å².